The van der Waals surface area contributed by atoms with Gasteiger partial charge in [0.05, 0.1) is 24.9 Å². The van der Waals surface area contributed by atoms with Crippen LogP contribution in [-0.4, -0.2) is 29.4 Å². The van der Waals surface area contributed by atoms with Gasteiger partial charge in [0.15, 0.2) is 0 Å². The van der Waals surface area contributed by atoms with E-state index in [1.54, 1.807) is 18.8 Å². The van der Waals surface area contributed by atoms with E-state index in [0.717, 1.165) is 11.3 Å². The van der Waals surface area contributed by atoms with Gasteiger partial charge < -0.3 is 10.5 Å². The number of hydrogen-bond acceptors (Lipinski definition) is 5. The second-order valence-corrected chi connectivity index (χ2v) is 3.27. The van der Waals surface area contributed by atoms with E-state index < -0.39 is 5.91 Å². The molecule has 0 atom stereocenters. The Morgan fingerprint density at radius 2 is 2.31 bits per heavy atom. The number of nitrogens with one attached hydrogen (secondary N) is 1. The van der Waals surface area contributed by atoms with Crippen molar-refractivity contribution in [2.75, 3.05) is 13.7 Å². The fraction of sp³-hybridized carbons (Fsp3) is 0.556. The molecule has 0 fully saturated rings. The maximum absolute atomic E-state index is 10.4. The van der Waals surface area contributed by atoms with Gasteiger partial charge in [-0.3, -0.25) is 9.63 Å². The van der Waals surface area contributed by atoms with Gasteiger partial charge in [-0.25, -0.2) is 4.68 Å². The molecule has 0 aromatic carbocycles. The maximum atomic E-state index is 10.4. The highest BCUT2D eigenvalue weighted by molar-refractivity contribution is 5.74. The first-order valence-electron chi connectivity index (χ1n) is 4.75. The van der Waals surface area contributed by atoms with Crippen LogP contribution in [0, 0.1) is 6.92 Å². The highest BCUT2D eigenvalue weighted by Gasteiger charge is 2.13. The predicted molar refractivity (Wildman–Crippen MR) is 56.5 cm³/mol. The summed E-state index contributed by atoms with van der Waals surface area (Å²) in [6, 6.07) is 0. The Labute approximate surface area is 93.5 Å². The third-order valence-electron chi connectivity index (χ3n) is 2.05. The van der Waals surface area contributed by atoms with E-state index in [9.17, 15) is 4.79 Å². The highest BCUT2D eigenvalue weighted by Crippen LogP contribution is 2.20. The summed E-state index contributed by atoms with van der Waals surface area (Å²) in [4.78, 5) is 15.3. The number of ether oxygens (including phenoxy) is 1. The van der Waals surface area contributed by atoms with Crippen LogP contribution in [0.5, 0.6) is 5.88 Å². The number of hydroxylamine groups is 1. The van der Waals surface area contributed by atoms with Crippen LogP contribution in [0.2, 0.25) is 0 Å². The van der Waals surface area contributed by atoms with Crippen molar-refractivity contribution in [2.45, 2.75) is 13.5 Å². The quantitative estimate of drug-likeness (QED) is 0.493. The van der Waals surface area contributed by atoms with Gasteiger partial charge in [0.1, 0.15) is 6.61 Å². The van der Waals surface area contributed by atoms with Gasteiger partial charge in [-0.05, 0) is 6.92 Å². The van der Waals surface area contributed by atoms with E-state index in [4.69, 9.17) is 15.3 Å². The third-order valence-corrected chi connectivity index (χ3v) is 2.05. The van der Waals surface area contributed by atoms with E-state index in [2.05, 4.69) is 10.6 Å². The van der Waals surface area contributed by atoms with Crippen LogP contribution in [0.25, 0.3) is 0 Å². The van der Waals surface area contributed by atoms with Gasteiger partial charge in [-0.15, -0.1) is 0 Å². The SMILES string of the molecule is COc1c(CNOCC(N)=O)c(C)nn1C. The lowest BCUT2D eigenvalue weighted by Gasteiger charge is -2.06. The summed E-state index contributed by atoms with van der Waals surface area (Å²) in [7, 11) is 3.36. The van der Waals surface area contributed by atoms with Gasteiger partial charge in [0, 0.05) is 7.05 Å². The summed E-state index contributed by atoms with van der Waals surface area (Å²) in [6.07, 6.45) is 0. The smallest absolute Gasteiger partial charge is 0.245 e. The lowest BCUT2D eigenvalue weighted by molar-refractivity contribution is -0.125. The van der Waals surface area contributed by atoms with Crippen molar-refractivity contribution in [3.8, 4) is 5.88 Å². The molecule has 90 valence electrons. The van der Waals surface area contributed by atoms with E-state index in [1.165, 1.54) is 0 Å². The second-order valence-electron chi connectivity index (χ2n) is 3.27. The number of carbonyl (C=O) groups excluding carboxylic acids is 1. The second kappa shape index (κ2) is 5.47. The monoisotopic (exact) mass is 228 g/mol. The highest BCUT2D eigenvalue weighted by atomic mass is 16.6. The van der Waals surface area contributed by atoms with Gasteiger partial charge in [-0.1, -0.05) is 0 Å². The molecule has 7 heteroatoms. The van der Waals surface area contributed by atoms with Crippen LogP contribution < -0.4 is 16.0 Å². The molecule has 0 saturated carbocycles. The average Bonchev–Trinajstić information content (AvgIpc) is 2.47. The van der Waals surface area contributed by atoms with E-state index in [0.29, 0.717) is 12.4 Å². The molecule has 1 amide bonds. The molecule has 1 rings (SSSR count). The zero-order chi connectivity index (χ0) is 12.1. The fourth-order valence-corrected chi connectivity index (χ4v) is 1.39. The number of nitrogens with zero attached hydrogens (tertiary/aromatic N) is 2. The van der Waals surface area contributed by atoms with Crippen molar-refractivity contribution >= 4 is 5.91 Å². The van der Waals surface area contributed by atoms with Crippen molar-refractivity contribution in [1.29, 1.82) is 0 Å². The van der Waals surface area contributed by atoms with Gasteiger partial charge in [0.25, 0.3) is 0 Å². The van der Waals surface area contributed by atoms with Crippen LogP contribution in [0.4, 0.5) is 0 Å². The molecule has 7 nitrogen and oxygen atoms in total. The molecule has 16 heavy (non-hydrogen) atoms. The molecule has 1 heterocycles. The van der Waals surface area contributed by atoms with Crippen LogP contribution in [0.3, 0.4) is 0 Å². The van der Waals surface area contributed by atoms with Crippen molar-refractivity contribution in [3.63, 3.8) is 0 Å². The zero-order valence-electron chi connectivity index (χ0n) is 9.61. The van der Waals surface area contributed by atoms with Gasteiger partial charge in [-0.2, -0.15) is 10.6 Å². The van der Waals surface area contributed by atoms with E-state index >= 15 is 0 Å². The Bertz CT molecular complexity index is 375. The molecule has 0 aliphatic heterocycles. The van der Waals surface area contributed by atoms with Gasteiger partial charge in [0.2, 0.25) is 11.8 Å². The molecule has 0 radical (unpaired) electrons. The first kappa shape index (κ1) is 12.5. The number of amides is 1. The van der Waals surface area contributed by atoms with Crippen LogP contribution in [0.15, 0.2) is 0 Å². The summed E-state index contributed by atoms with van der Waals surface area (Å²) in [5.74, 6) is 0.134. The van der Waals surface area contributed by atoms with Crippen molar-refractivity contribution in [3.05, 3.63) is 11.3 Å². The summed E-state index contributed by atoms with van der Waals surface area (Å²) >= 11 is 0. The van der Waals surface area contributed by atoms with E-state index in [1.807, 2.05) is 6.92 Å². The Hall–Kier alpha value is -1.60. The minimum atomic E-state index is -0.526. The summed E-state index contributed by atoms with van der Waals surface area (Å²) < 4.78 is 6.83. The summed E-state index contributed by atoms with van der Waals surface area (Å²) in [5.41, 5.74) is 9.27. The first-order chi connectivity index (χ1) is 7.56. The third kappa shape index (κ3) is 2.94. The molecular formula is C9H16N4O3. The van der Waals surface area contributed by atoms with Crippen LogP contribution in [0.1, 0.15) is 11.3 Å². The number of primary amides is 1. The number of aromatic nitrogens is 2. The zero-order valence-corrected chi connectivity index (χ0v) is 9.61. The predicted octanol–water partition coefficient (Wildman–Crippen LogP) is -0.756. The number of aryl methyl sites for hydroxylation is 2. The molecule has 0 aliphatic carbocycles. The normalized spacial score (nSPS) is 10.4. The molecular weight excluding hydrogens is 212 g/mol. The van der Waals surface area contributed by atoms with Gasteiger partial charge >= 0.3 is 0 Å². The molecule has 0 spiro atoms. The van der Waals surface area contributed by atoms with Crippen molar-refractivity contribution in [2.24, 2.45) is 12.8 Å². The standard InChI is InChI=1S/C9H16N4O3/c1-6-7(4-11-16-5-8(10)14)9(15-3)13(2)12-6/h11H,4-5H2,1-3H3,(H2,10,14). The Morgan fingerprint density at radius 1 is 1.62 bits per heavy atom. The van der Waals surface area contributed by atoms with E-state index in [-0.39, 0.29) is 6.61 Å². The van der Waals surface area contributed by atoms with Crippen LogP contribution in [-0.2, 0) is 23.2 Å². The fourth-order valence-electron chi connectivity index (χ4n) is 1.39. The average molecular weight is 228 g/mol. The number of methoxy groups -OCH3 is 1. The molecule has 3 N–H and O–H groups in total. The summed E-state index contributed by atoms with van der Waals surface area (Å²) in [6.45, 7) is 2.10. The van der Waals surface area contributed by atoms with Crippen molar-refractivity contribution < 1.29 is 14.4 Å². The molecule has 1 aromatic heterocycles. The Kier molecular flexibility index (Phi) is 4.27. The molecule has 0 aliphatic rings. The molecule has 0 unspecified atom stereocenters. The minimum absolute atomic E-state index is 0.165. The number of hydrogen-bond donors (Lipinski definition) is 2. The largest absolute Gasteiger partial charge is 0.481 e. The Balaban J connectivity index is 2.56. The topological polar surface area (TPSA) is 91.4 Å². The maximum Gasteiger partial charge on any atom is 0.245 e. The minimum Gasteiger partial charge on any atom is -0.481 e. The lowest BCUT2D eigenvalue weighted by atomic mass is 10.2. The molecule has 0 bridgehead atoms. The Morgan fingerprint density at radius 3 is 2.88 bits per heavy atom. The number of rotatable bonds is 6. The number of nitrogens with two attached hydrogens (primary N) is 1. The first-order valence-corrected chi connectivity index (χ1v) is 4.75. The molecule has 1 aromatic rings. The van der Waals surface area contributed by atoms with Crippen molar-refractivity contribution in [1.82, 2.24) is 15.3 Å². The number of carbonyl (C=O) groups is 1. The summed E-state index contributed by atoms with van der Waals surface area (Å²) in [5, 5.41) is 4.20. The molecule has 0 saturated heterocycles. The lowest BCUT2D eigenvalue weighted by Crippen LogP contribution is -2.24. The van der Waals surface area contributed by atoms with Crippen LogP contribution >= 0.6 is 0 Å².